The van der Waals surface area contributed by atoms with Crippen LogP contribution in [0.1, 0.15) is 33.8 Å². The number of nitriles is 1. The monoisotopic (exact) mass is 281 g/mol. The number of hydrogen-bond donors (Lipinski definition) is 1. The van der Waals surface area contributed by atoms with E-state index in [1.807, 2.05) is 18.2 Å². The van der Waals surface area contributed by atoms with Gasteiger partial charge in [0, 0.05) is 12.5 Å². The third-order valence-electron chi connectivity index (χ3n) is 3.85. The lowest BCUT2D eigenvalue weighted by molar-refractivity contribution is 0.0875. The number of hydrogen-bond acceptors (Lipinski definition) is 4. The lowest BCUT2D eigenvalue weighted by Crippen LogP contribution is -2.51. The van der Waals surface area contributed by atoms with Crippen LogP contribution in [0.25, 0.3) is 0 Å². The van der Waals surface area contributed by atoms with Crippen molar-refractivity contribution in [2.24, 2.45) is 0 Å². The van der Waals surface area contributed by atoms with Gasteiger partial charge in [0.25, 0.3) is 5.91 Å². The van der Waals surface area contributed by atoms with Gasteiger partial charge in [0.1, 0.15) is 5.54 Å². The fourth-order valence-corrected chi connectivity index (χ4v) is 2.72. The molecule has 3 rings (SSSR count). The summed E-state index contributed by atoms with van der Waals surface area (Å²) in [5.74, 6) is -0.252. The second kappa shape index (κ2) is 5.06. The summed E-state index contributed by atoms with van der Waals surface area (Å²) in [6.07, 6.45) is 1.89. The number of aromatic nitrogens is 1. The number of aryl methyl sites for hydroxylation is 2. The van der Waals surface area contributed by atoms with E-state index >= 15 is 0 Å². The quantitative estimate of drug-likeness (QED) is 0.915. The van der Waals surface area contributed by atoms with E-state index in [1.54, 1.807) is 13.0 Å². The van der Waals surface area contributed by atoms with Crippen LogP contribution in [-0.4, -0.2) is 16.6 Å². The highest BCUT2D eigenvalue weighted by atomic mass is 16.5. The van der Waals surface area contributed by atoms with Crippen LogP contribution in [0.2, 0.25) is 0 Å². The molecule has 0 saturated carbocycles. The van der Waals surface area contributed by atoms with Crippen molar-refractivity contribution in [1.29, 1.82) is 5.26 Å². The van der Waals surface area contributed by atoms with Crippen LogP contribution in [0.3, 0.4) is 0 Å². The molecule has 0 unspecified atom stereocenters. The predicted octanol–water partition coefficient (Wildman–Crippen LogP) is 2.16. The van der Waals surface area contributed by atoms with Gasteiger partial charge >= 0.3 is 0 Å². The molecule has 106 valence electrons. The molecule has 0 saturated heterocycles. The van der Waals surface area contributed by atoms with E-state index in [0.29, 0.717) is 18.5 Å². The fraction of sp³-hybridized carbons (Fsp3) is 0.312. The number of nitrogens with zero attached hydrogens (tertiary/aromatic N) is 2. The molecule has 2 aromatic rings. The Morgan fingerprint density at radius 2 is 2.19 bits per heavy atom. The summed E-state index contributed by atoms with van der Waals surface area (Å²) in [5, 5.41) is 16.1. The molecule has 0 bridgehead atoms. The molecule has 1 atom stereocenters. The summed E-state index contributed by atoms with van der Waals surface area (Å²) in [5.41, 5.74) is 2.11. The SMILES string of the molecule is Cc1cc(C(=O)N[C@]2(C#N)CCc3ccccc3C2)on1. The molecular formula is C16H15N3O2. The number of rotatable bonds is 2. The van der Waals surface area contributed by atoms with E-state index in [4.69, 9.17) is 4.52 Å². The van der Waals surface area contributed by atoms with Gasteiger partial charge in [-0.05, 0) is 30.9 Å². The molecule has 0 spiro atoms. The van der Waals surface area contributed by atoms with Gasteiger partial charge in [0.05, 0.1) is 11.8 Å². The van der Waals surface area contributed by atoms with Crippen molar-refractivity contribution in [3.05, 3.63) is 52.9 Å². The van der Waals surface area contributed by atoms with Crippen LogP contribution in [0.5, 0.6) is 0 Å². The van der Waals surface area contributed by atoms with E-state index in [1.165, 1.54) is 5.56 Å². The Morgan fingerprint density at radius 3 is 2.86 bits per heavy atom. The van der Waals surface area contributed by atoms with Crippen LogP contribution >= 0.6 is 0 Å². The first kappa shape index (κ1) is 13.4. The molecule has 1 heterocycles. The van der Waals surface area contributed by atoms with Gasteiger partial charge in [-0.1, -0.05) is 29.4 Å². The molecule has 1 N–H and O–H groups in total. The number of carbonyl (C=O) groups is 1. The second-order valence-electron chi connectivity index (χ2n) is 5.43. The van der Waals surface area contributed by atoms with Crippen molar-refractivity contribution < 1.29 is 9.32 Å². The molecule has 0 fully saturated rings. The van der Waals surface area contributed by atoms with Crippen LogP contribution in [0.4, 0.5) is 0 Å². The Balaban J connectivity index is 1.83. The third-order valence-corrected chi connectivity index (χ3v) is 3.85. The van der Waals surface area contributed by atoms with Crippen molar-refractivity contribution in [3.63, 3.8) is 0 Å². The van der Waals surface area contributed by atoms with Gasteiger partial charge < -0.3 is 9.84 Å². The highest BCUT2D eigenvalue weighted by molar-refractivity contribution is 5.92. The summed E-state index contributed by atoms with van der Waals surface area (Å²) in [6, 6.07) is 11.9. The van der Waals surface area contributed by atoms with Crippen molar-refractivity contribution in [3.8, 4) is 6.07 Å². The first-order chi connectivity index (χ1) is 10.1. The normalized spacial score (nSPS) is 20.4. The highest BCUT2D eigenvalue weighted by Crippen LogP contribution is 2.28. The van der Waals surface area contributed by atoms with Gasteiger partial charge in [-0.3, -0.25) is 4.79 Å². The van der Waals surface area contributed by atoms with Crippen molar-refractivity contribution in [2.75, 3.05) is 0 Å². The Labute approximate surface area is 122 Å². The van der Waals surface area contributed by atoms with E-state index < -0.39 is 11.4 Å². The predicted molar refractivity (Wildman–Crippen MR) is 75.5 cm³/mol. The molecule has 1 aromatic carbocycles. The fourth-order valence-electron chi connectivity index (χ4n) is 2.72. The lowest BCUT2D eigenvalue weighted by Gasteiger charge is -2.32. The summed E-state index contributed by atoms with van der Waals surface area (Å²) in [6.45, 7) is 1.75. The number of carbonyl (C=O) groups excluding carboxylic acids is 1. The van der Waals surface area contributed by atoms with E-state index in [9.17, 15) is 10.1 Å². The maximum absolute atomic E-state index is 12.2. The average molecular weight is 281 g/mol. The van der Waals surface area contributed by atoms with E-state index in [2.05, 4.69) is 22.6 Å². The number of amides is 1. The maximum atomic E-state index is 12.2. The molecule has 0 aliphatic heterocycles. The molecule has 1 aromatic heterocycles. The summed E-state index contributed by atoms with van der Waals surface area (Å²) < 4.78 is 4.96. The van der Waals surface area contributed by atoms with E-state index in [0.717, 1.165) is 12.0 Å². The first-order valence-corrected chi connectivity index (χ1v) is 6.86. The van der Waals surface area contributed by atoms with Crippen LogP contribution in [0.15, 0.2) is 34.9 Å². The minimum atomic E-state index is -0.883. The Bertz CT molecular complexity index is 729. The van der Waals surface area contributed by atoms with Gasteiger partial charge in [-0.15, -0.1) is 0 Å². The standard InChI is InChI=1S/C16H15N3O2/c1-11-8-14(21-19-11)15(20)18-16(10-17)7-6-12-4-2-3-5-13(12)9-16/h2-5,8H,6-7,9H2,1H3,(H,18,20)/t16-/m1/s1. The average Bonchev–Trinajstić information content (AvgIpc) is 2.94. The maximum Gasteiger partial charge on any atom is 0.291 e. The van der Waals surface area contributed by atoms with Crippen LogP contribution in [0, 0.1) is 18.3 Å². The molecule has 21 heavy (non-hydrogen) atoms. The van der Waals surface area contributed by atoms with Gasteiger partial charge in [-0.25, -0.2) is 0 Å². The topological polar surface area (TPSA) is 78.9 Å². The summed E-state index contributed by atoms with van der Waals surface area (Å²) in [7, 11) is 0. The zero-order chi connectivity index (χ0) is 14.9. The molecule has 0 radical (unpaired) electrons. The molecule has 5 heteroatoms. The summed E-state index contributed by atoms with van der Waals surface area (Å²) in [4.78, 5) is 12.2. The van der Waals surface area contributed by atoms with Gasteiger partial charge in [0.15, 0.2) is 0 Å². The van der Waals surface area contributed by atoms with Gasteiger partial charge in [-0.2, -0.15) is 5.26 Å². The first-order valence-electron chi connectivity index (χ1n) is 6.86. The van der Waals surface area contributed by atoms with Crippen LogP contribution in [-0.2, 0) is 12.8 Å². The molecule has 5 nitrogen and oxygen atoms in total. The molecular weight excluding hydrogens is 266 g/mol. The number of nitrogens with one attached hydrogen (secondary N) is 1. The van der Waals surface area contributed by atoms with Crippen molar-refractivity contribution in [1.82, 2.24) is 10.5 Å². The zero-order valence-electron chi connectivity index (χ0n) is 11.7. The van der Waals surface area contributed by atoms with E-state index in [-0.39, 0.29) is 5.76 Å². The largest absolute Gasteiger partial charge is 0.351 e. The molecule has 1 aliphatic carbocycles. The minimum absolute atomic E-state index is 0.140. The Morgan fingerprint density at radius 1 is 1.43 bits per heavy atom. The van der Waals surface area contributed by atoms with Crippen molar-refractivity contribution in [2.45, 2.75) is 31.7 Å². The summed E-state index contributed by atoms with van der Waals surface area (Å²) >= 11 is 0. The highest BCUT2D eigenvalue weighted by Gasteiger charge is 2.36. The van der Waals surface area contributed by atoms with Crippen LogP contribution < -0.4 is 5.32 Å². The number of benzene rings is 1. The lowest BCUT2D eigenvalue weighted by atomic mass is 9.79. The zero-order valence-corrected chi connectivity index (χ0v) is 11.7. The smallest absolute Gasteiger partial charge is 0.291 e. The minimum Gasteiger partial charge on any atom is -0.351 e. The Hall–Kier alpha value is -2.61. The third kappa shape index (κ3) is 2.52. The number of fused-ring (bicyclic) bond motifs is 1. The Kier molecular flexibility index (Phi) is 3.22. The van der Waals surface area contributed by atoms with Crippen molar-refractivity contribution >= 4 is 5.91 Å². The molecule has 1 amide bonds. The van der Waals surface area contributed by atoms with Gasteiger partial charge in [0.2, 0.25) is 5.76 Å². The second-order valence-corrected chi connectivity index (χ2v) is 5.43. The molecule has 1 aliphatic rings.